The number of hydrogen-bond donors (Lipinski definition) is 2. The average molecular weight is 186 g/mol. The fourth-order valence-corrected chi connectivity index (χ4v) is 1.26. The number of halogens is 1. The number of rotatable bonds is 2. The van der Waals surface area contributed by atoms with Gasteiger partial charge in [0.2, 0.25) is 0 Å². The van der Waals surface area contributed by atoms with Crippen molar-refractivity contribution in [1.29, 1.82) is 0 Å². The zero-order chi connectivity index (χ0) is 9.14. The highest BCUT2D eigenvalue weighted by Gasteiger charge is 2.03. The topological polar surface area (TPSA) is 46.2 Å². The molecule has 66 valence electrons. The lowest BCUT2D eigenvalue weighted by Gasteiger charge is -2.07. The Hall–Kier alpha value is -0.730. The summed E-state index contributed by atoms with van der Waals surface area (Å²) in [5.41, 5.74) is 6.39. The highest BCUT2D eigenvalue weighted by molar-refractivity contribution is 6.30. The molecule has 1 rings (SSSR count). The maximum Gasteiger partial charge on any atom is 0.118 e. The predicted molar refractivity (Wildman–Crippen MR) is 50.5 cm³/mol. The van der Waals surface area contributed by atoms with Crippen molar-refractivity contribution >= 4 is 11.6 Å². The van der Waals surface area contributed by atoms with E-state index in [0.29, 0.717) is 11.4 Å². The molecule has 2 nitrogen and oxygen atoms in total. The molecule has 0 saturated heterocycles. The molecule has 3 heteroatoms. The molecule has 1 aromatic carbocycles. The highest BCUT2D eigenvalue weighted by Crippen LogP contribution is 2.22. The molecule has 3 N–H and O–H groups in total. The number of phenolic OH excluding ortho intramolecular Hbond substituents is 1. The summed E-state index contributed by atoms with van der Waals surface area (Å²) in [5.74, 6) is 0.261. The smallest absolute Gasteiger partial charge is 0.118 e. The molecule has 12 heavy (non-hydrogen) atoms. The summed E-state index contributed by atoms with van der Waals surface area (Å²) in [6.45, 7) is 1.89. The minimum atomic E-state index is 0.0365. The summed E-state index contributed by atoms with van der Waals surface area (Å²) in [5, 5.41) is 10.00. The quantitative estimate of drug-likeness (QED) is 0.740. The standard InChI is InChI=1S/C9H12ClNO/c1-6(11)4-7-5-8(10)2-3-9(7)12/h2-3,5-6,12H,4,11H2,1H3/t6-/m1/s1. The monoisotopic (exact) mass is 185 g/mol. The van der Waals surface area contributed by atoms with Gasteiger partial charge >= 0.3 is 0 Å². The fraction of sp³-hybridized carbons (Fsp3) is 0.333. The lowest BCUT2D eigenvalue weighted by Crippen LogP contribution is -2.17. The van der Waals surface area contributed by atoms with E-state index in [1.807, 2.05) is 6.92 Å². The summed E-state index contributed by atoms with van der Waals surface area (Å²) >= 11 is 5.75. The van der Waals surface area contributed by atoms with Crippen LogP contribution in [0.2, 0.25) is 5.02 Å². The first-order valence-corrected chi connectivity index (χ1v) is 4.20. The largest absolute Gasteiger partial charge is 0.508 e. The molecule has 1 aromatic rings. The molecule has 0 aliphatic heterocycles. The van der Waals surface area contributed by atoms with Gasteiger partial charge in [0.1, 0.15) is 5.75 Å². The molecular weight excluding hydrogens is 174 g/mol. The average Bonchev–Trinajstić information content (AvgIpc) is 1.96. The van der Waals surface area contributed by atoms with Gasteiger partial charge in [-0.2, -0.15) is 0 Å². The predicted octanol–water partition coefficient (Wildman–Crippen LogP) is 1.94. The van der Waals surface area contributed by atoms with E-state index < -0.39 is 0 Å². The SMILES string of the molecule is C[C@@H](N)Cc1cc(Cl)ccc1O. The second kappa shape index (κ2) is 3.78. The maximum absolute atomic E-state index is 9.37. The second-order valence-electron chi connectivity index (χ2n) is 2.95. The number of phenols is 1. The zero-order valence-electron chi connectivity index (χ0n) is 6.92. The van der Waals surface area contributed by atoms with E-state index in [9.17, 15) is 5.11 Å². The lowest BCUT2D eigenvalue weighted by atomic mass is 10.1. The first-order valence-electron chi connectivity index (χ1n) is 3.82. The van der Waals surface area contributed by atoms with Crippen LogP contribution in [-0.2, 0) is 6.42 Å². The van der Waals surface area contributed by atoms with Crippen LogP contribution in [0.5, 0.6) is 5.75 Å². The van der Waals surface area contributed by atoms with E-state index in [0.717, 1.165) is 5.56 Å². The van der Waals surface area contributed by atoms with Crippen LogP contribution in [0.4, 0.5) is 0 Å². The van der Waals surface area contributed by atoms with Crippen molar-refractivity contribution in [3.05, 3.63) is 28.8 Å². The Morgan fingerprint density at radius 1 is 1.58 bits per heavy atom. The van der Waals surface area contributed by atoms with Crippen LogP contribution in [-0.4, -0.2) is 11.1 Å². The molecule has 0 bridgehead atoms. The fourth-order valence-electron chi connectivity index (χ4n) is 1.06. The van der Waals surface area contributed by atoms with Crippen molar-refractivity contribution in [1.82, 2.24) is 0 Å². The van der Waals surface area contributed by atoms with Crippen molar-refractivity contribution < 1.29 is 5.11 Å². The molecular formula is C9H12ClNO. The van der Waals surface area contributed by atoms with Gasteiger partial charge in [-0.25, -0.2) is 0 Å². The van der Waals surface area contributed by atoms with E-state index in [-0.39, 0.29) is 11.8 Å². The Bertz CT molecular complexity index is 273. The van der Waals surface area contributed by atoms with Crippen LogP contribution in [0.3, 0.4) is 0 Å². The second-order valence-corrected chi connectivity index (χ2v) is 3.39. The van der Waals surface area contributed by atoms with Crippen molar-refractivity contribution in [3.63, 3.8) is 0 Å². The molecule has 0 amide bonds. The Morgan fingerprint density at radius 2 is 2.25 bits per heavy atom. The molecule has 0 spiro atoms. The van der Waals surface area contributed by atoms with Crippen molar-refractivity contribution in [2.75, 3.05) is 0 Å². The van der Waals surface area contributed by atoms with Crippen molar-refractivity contribution in [2.24, 2.45) is 5.73 Å². The van der Waals surface area contributed by atoms with Gasteiger partial charge in [-0.05, 0) is 37.1 Å². The third-order valence-corrected chi connectivity index (χ3v) is 1.82. The van der Waals surface area contributed by atoms with E-state index >= 15 is 0 Å². The lowest BCUT2D eigenvalue weighted by molar-refractivity contribution is 0.465. The van der Waals surface area contributed by atoms with Gasteiger partial charge in [0.05, 0.1) is 0 Å². The maximum atomic E-state index is 9.37. The van der Waals surface area contributed by atoms with Crippen LogP contribution in [0.15, 0.2) is 18.2 Å². The minimum Gasteiger partial charge on any atom is -0.508 e. The summed E-state index contributed by atoms with van der Waals surface area (Å²) in [4.78, 5) is 0. The third-order valence-electron chi connectivity index (χ3n) is 1.58. The van der Waals surface area contributed by atoms with Gasteiger partial charge in [0.15, 0.2) is 0 Å². The molecule has 0 radical (unpaired) electrons. The van der Waals surface area contributed by atoms with E-state index in [1.54, 1.807) is 18.2 Å². The van der Waals surface area contributed by atoms with Crippen molar-refractivity contribution in [2.45, 2.75) is 19.4 Å². The van der Waals surface area contributed by atoms with Gasteiger partial charge < -0.3 is 10.8 Å². The van der Waals surface area contributed by atoms with Gasteiger partial charge in [-0.3, -0.25) is 0 Å². The first kappa shape index (κ1) is 9.36. The van der Waals surface area contributed by atoms with Crippen LogP contribution < -0.4 is 5.73 Å². The molecule has 0 fully saturated rings. The van der Waals surface area contributed by atoms with Crippen LogP contribution >= 0.6 is 11.6 Å². The summed E-state index contributed by atoms with van der Waals surface area (Å²) < 4.78 is 0. The molecule has 1 atom stereocenters. The molecule has 0 unspecified atom stereocenters. The van der Waals surface area contributed by atoms with Gasteiger partial charge in [0, 0.05) is 11.1 Å². The molecule has 0 aromatic heterocycles. The molecule has 0 aliphatic carbocycles. The van der Waals surface area contributed by atoms with Crippen LogP contribution in [0.1, 0.15) is 12.5 Å². The Labute approximate surface area is 77.0 Å². The normalized spacial score (nSPS) is 12.9. The Morgan fingerprint density at radius 3 is 2.83 bits per heavy atom. The first-order chi connectivity index (χ1) is 5.59. The highest BCUT2D eigenvalue weighted by atomic mass is 35.5. The molecule has 0 heterocycles. The van der Waals surface area contributed by atoms with Gasteiger partial charge in [-0.1, -0.05) is 11.6 Å². The Balaban J connectivity index is 2.90. The summed E-state index contributed by atoms with van der Waals surface area (Å²) in [6, 6.07) is 5.01. The Kier molecular flexibility index (Phi) is 2.95. The van der Waals surface area contributed by atoms with E-state index in [2.05, 4.69) is 0 Å². The number of hydrogen-bond acceptors (Lipinski definition) is 2. The number of aromatic hydroxyl groups is 1. The van der Waals surface area contributed by atoms with E-state index in [1.165, 1.54) is 0 Å². The summed E-state index contributed by atoms with van der Waals surface area (Å²) in [6.07, 6.45) is 0.645. The third kappa shape index (κ3) is 2.40. The van der Waals surface area contributed by atoms with Crippen LogP contribution in [0.25, 0.3) is 0 Å². The number of nitrogens with two attached hydrogens (primary N) is 1. The summed E-state index contributed by atoms with van der Waals surface area (Å²) in [7, 11) is 0. The zero-order valence-corrected chi connectivity index (χ0v) is 7.67. The molecule has 0 aliphatic rings. The van der Waals surface area contributed by atoms with E-state index in [4.69, 9.17) is 17.3 Å². The van der Waals surface area contributed by atoms with Crippen molar-refractivity contribution in [3.8, 4) is 5.75 Å². The minimum absolute atomic E-state index is 0.0365. The van der Waals surface area contributed by atoms with Crippen LogP contribution in [0, 0.1) is 0 Å². The number of benzene rings is 1. The van der Waals surface area contributed by atoms with Gasteiger partial charge in [0.25, 0.3) is 0 Å². The van der Waals surface area contributed by atoms with Gasteiger partial charge in [-0.15, -0.1) is 0 Å². The molecule has 0 saturated carbocycles.